The van der Waals surface area contributed by atoms with Crippen molar-refractivity contribution in [3.8, 4) is 0 Å². The first-order chi connectivity index (χ1) is 21.3. The molecule has 0 unspecified atom stereocenters. The number of amides is 1. The van der Waals surface area contributed by atoms with Crippen molar-refractivity contribution in [3.05, 3.63) is 65.1 Å². The zero-order valence-corrected chi connectivity index (χ0v) is 25.2. The summed E-state index contributed by atoms with van der Waals surface area (Å²) in [6, 6.07) is 7.07. The molecule has 1 amide bonds. The van der Waals surface area contributed by atoms with Crippen molar-refractivity contribution < 1.29 is 24.6 Å². The van der Waals surface area contributed by atoms with Gasteiger partial charge in [-0.1, -0.05) is 20.8 Å². The molecule has 0 saturated carbocycles. The molecule has 0 aliphatic carbocycles. The van der Waals surface area contributed by atoms with Crippen molar-refractivity contribution in [3.63, 3.8) is 0 Å². The smallest absolute Gasteiger partial charge is 0.339 e. The first kappa shape index (κ1) is 32.3. The second-order valence-corrected chi connectivity index (χ2v) is 11.4. The molecule has 0 saturated heterocycles. The molecule has 0 radical (unpaired) electrons. The Hall–Kier alpha value is -5.60. The van der Waals surface area contributed by atoms with Crippen molar-refractivity contribution in [2.24, 2.45) is 0 Å². The number of carboxylic acid groups (broad SMARTS) is 2. The molecule has 0 aliphatic heterocycles. The van der Waals surface area contributed by atoms with Crippen LogP contribution < -0.4 is 27.4 Å². The van der Waals surface area contributed by atoms with E-state index in [1.54, 1.807) is 42.7 Å². The molecular weight excluding hydrogens is 580 g/mol. The van der Waals surface area contributed by atoms with E-state index < -0.39 is 23.9 Å². The molecule has 15 nitrogen and oxygen atoms in total. The van der Waals surface area contributed by atoms with Gasteiger partial charge in [0.15, 0.2) is 17.0 Å². The summed E-state index contributed by atoms with van der Waals surface area (Å²) in [6.45, 7) is 6.62. The summed E-state index contributed by atoms with van der Waals surface area (Å²) in [5.74, 6) is -2.34. The SMILES string of the molecule is CC(C)(C)c1cnc(NCCCC[C@H](NC(=O)c2ccc(NCc3cnc4nc(N)nc(N)c4n3)cc2)C(=O)O)c(C(=O)O)c1. The third-order valence-electron chi connectivity index (χ3n) is 6.92. The number of carbonyl (C=O) groups is 3. The number of rotatable bonds is 13. The van der Waals surface area contributed by atoms with Gasteiger partial charge < -0.3 is 37.6 Å². The number of fused-ring (bicyclic) bond motifs is 1. The fraction of sp³-hybridized carbons (Fsp3) is 0.333. The summed E-state index contributed by atoms with van der Waals surface area (Å²) in [5.41, 5.74) is 14.3. The Labute approximate surface area is 258 Å². The van der Waals surface area contributed by atoms with Crippen LogP contribution in [0, 0.1) is 0 Å². The summed E-state index contributed by atoms with van der Waals surface area (Å²) in [5, 5.41) is 28.0. The van der Waals surface area contributed by atoms with Crippen LogP contribution in [0.3, 0.4) is 0 Å². The summed E-state index contributed by atoms with van der Waals surface area (Å²) in [7, 11) is 0. The van der Waals surface area contributed by atoms with Gasteiger partial charge in [-0.3, -0.25) is 4.79 Å². The lowest BCUT2D eigenvalue weighted by Gasteiger charge is -2.20. The number of hydrogen-bond acceptors (Lipinski definition) is 12. The second kappa shape index (κ2) is 13.8. The van der Waals surface area contributed by atoms with E-state index in [1.807, 2.05) is 20.8 Å². The number of benzene rings is 1. The predicted molar refractivity (Wildman–Crippen MR) is 169 cm³/mol. The lowest BCUT2D eigenvalue weighted by Crippen LogP contribution is -2.40. The van der Waals surface area contributed by atoms with Gasteiger partial charge in [0.25, 0.3) is 5.91 Å². The zero-order valence-electron chi connectivity index (χ0n) is 25.2. The van der Waals surface area contributed by atoms with E-state index in [0.717, 1.165) is 5.56 Å². The highest BCUT2D eigenvalue weighted by atomic mass is 16.4. The Bertz CT molecular complexity index is 1710. The fourth-order valence-electron chi connectivity index (χ4n) is 4.36. The van der Waals surface area contributed by atoms with Crippen LogP contribution >= 0.6 is 0 Å². The fourth-order valence-corrected chi connectivity index (χ4v) is 4.36. The van der Waals surface area contributed by atoms with Gasteiger partial charge in [-0.2, -0.15) is 9.97 Å². The van der Waals surface area contributed by atoms with Crippen LogP contribution in [-0.4, -0.2) is 65.6 Å². The number of unbranched alkanes of at least 4 members (excludes halogenated alkanes) is 1. The maximum Gasteiger partial charge on any atom is 0.339 e. The Morgan fingerprint density at radius 2 is 1.67 bits per heavy atom. The molecule has 0 spiro atoms. The van der Waals surface area contributed by atoms with Crippen LogP contribution in [0.2, 0.25) is 0 Å². The molecule has 0 fully saturated rings. The molecule has 236 valence electrons. The summed E-state index contributed by atoms with van der Waals surface area (Å²) < 4.78 is 0. The Kier molecular flexibility index (Phi) is 9.91. The van der Waals surface area contributed by atoms with Crippen molar-refractivity contribution in [2.45, 2.75) is 58.0 Å². The number of hydrogen-bond donors (Lipinski definition) is 7. The van der Waals surface area contributed by atoms with Gasteiger partial charge in [-0.25, -0.2) is 24.5 Å². The number of aromatic nitrogens is 5. The number of carboxylic acids is 2. The number of anilines is 4. The average molecular weight is 617 g/mol. The number of nitrogens with two attached hydrogens (primary N) is 2. The minimum absolute atomic E-state index is 0.0141. The number of carbonyl (C=O) groups excluding carboxylic acids is 1. The van der Waals surface area contributed by atoms with E-state index >= 15 is 0 Å². The average Bonchev–Trinajstić information content (AvgIpc) is 2.98. The molecule has 1 atom stereocenters. The van der Waals surface area contributed by atoms with E-state index in [4.69, 9.17) is 11.5 Å². The quantitative estimate of drug-likeness (QED) is 0.107. The highest BCUT2D eigenvalue weighted by Gasteiger charge is 2.21. The van der Waals surface area contributed by atoms with E-state index in [9.17, 15) is 24.6 Å². The zero-order chi connectivity index (χ0) is 32.7. The van der Waals surface area contributed by atoms with Gasteiger partial charge in [0.1, 0.15) is 17.4 Å². The standard InChI is InChI=1S/C30H36N10O5/c1-30(2,3)17-12-20(27(42)43)24(35-13-17)33-11-5-4-6-21(28(44)45)38-26(41)16-7-9-18(10-8-16)34-14-19-15-36-25-22(37-19)23(31)39-29(32)40-25/h7-10,12-13,15,21,34H,4-6,11,14H2,1-3H3,(H,33,35)(H,38,41)(H,42,43)(H,44,45)(H4,31,32,36,39,40)/t21-/m0/s1. The molecule has 0 aliphatic rings. The minimum Gasteiger partial charge on any atom is -0.480 e. The van der Waals surface area contributed by atoms with Gasteiger partial charge in [0.2, 0.25) is 5.95 Å². The van der Waals surface area contributed by atoms with Crippen LogP contribution in [-0.2, 0) is 16.8 Å². The first-order valence-corrected chi connectivity index (χ1v) is 14.2. The molecule has 3 heterocycles. The number of nitrogens with one attached hydrogen (secondary N) is 3. The number of aliphatic carboxylic acids is 1. The van der Waals surface area contributed by atoms with Gasteiger partial charge in [-0.05, 0) is 60.6 Å². The largest absolute Gasteiger partial charge is 0.480 e. The van der Waals surface area contributed by atoms with E-state index in [-0.39, 0.29) is 35.0 Å². The van der Waals surface area contributed by atoms with Crippen LogP contribution in [0.1, 0.15) is 72.0 Å². The van der Waals surface area contributed by atoms with Crippen molar-refractivity contribution >= 4 is 52.3 Å². The number of aromatic carboxylic acids is 1. The van der Waals surface area contributed by atoms with E-state index in [0.29, 0.717) is 54.0 Å². The lowest BCUT2D eigenvalue weighted by molar-refractivity contribution is -0.139. The van der Waals surface area contributed by atoms with Gasteiger partial charge in [0.05, 0.1) is 18.4 Å². The van der Waals surface area contributed by atoms with Crippen LogP contribution in [0.15, 0.2) is 42.7 Å². The van der Waals surface area contributed by atoms with E-state index in [2.05, 4.69) is 40.9 Å². The molecule has 4 aromatic rings. The molecule has 3 aromatic heterocycles. The lowest BCUT2D eigenvalue weighted by atomic mass is 9.87. The van der Waals surface area contributed by atoms with Crippen molar-refractivity contribution in [1.82, 2.24) is 30.2 Å². The highest BCUT2D eigenvalue weighted by molar-refractivity contribution is 5.97. The summed E-state index contributed by atoms with van der Waals surface area (Å²) in [4.78, 5) is 57.2. The maximum atomic E-state index is 12.8. The number of nitrogens with zero attached hydrogens (tertiary/aromatic N) is 5. The molecule has 45 heavy (non-hydrogen) atoms. The van der Waals surface area contributed by atoms with Crippen molar-refractivity contribution in [2.75, 3.05) is 28.6 Å². The minimum atomic E-state index is -1.15. The Morgan fingerprint density at radius 3 is 2.33 bits per heavy atom. The number of nitrogen functional groups attached to an aromatic ring is 2. The van der Waals surface area contributed by atoms with Crippen LogP contribution in [0.25, 0.3) is 11.2 Å². The molecule has 4 rings (SSSR count). The monoisotopic (exact) mass is 616 g/mol. The predicted octanol–water partition coefficient (Wildman–Crippen LogP) is 3.05. The van der Waals surface area contributed by atoms with Crippen LogP contribution in [0.4, 0.5) is 23.3 Å². The highest BCUT2D eigenvalue weighted by Crippen LogP contribution is 2.25. The van der Waals surface area contributed by atoms with Gasteiger partial charge in [0, 0.05) is 24.0 Å². The summed E-state index contributed by atoms with van der Waals surface area (Å²) in [6.07, 6.45) is 4.39. The Morgan fingerprint density at radius 1 is 0.933 bits per heavy atom. The molecule has 0 bridgehead atoms. The molecule has 9 N–H and O–H groups in total. The molecule has 1 aromatic carbocycles. The maximum absolute atomic E-state index is 12.8. The summed E-state index contributed by atoms with van der Waals surface area (Å²) >= 11 is 0. The molecule has 15 heteroatoms. The third kappa shape index (κ3) is 8.49. The molecular formula is C30H36N10O5. The van der Waals surface area contributed by atoms with Crippen LogP contribution in [0.5, 0.6) is 0 Å². The topological polar surface area (TPSA) is 244 Å². The second-order valence-electron chi connectivity index (χ2n) is 11.4. The van der Waals surface area contributed by atoms with Gasteiger partial charge in [-0.15, -0.1) is 0 Å². The Balaban J connectivity index is 1.26. The van der Waals surface area contributed by atoms with Crippen molar-refractivity contribution in [1.29, 1.82) is 0 Å². The van der Waals surface area contributed by atoms with Gasteiger partial charge >= 0.3 is 11.9 Å². The first-order valence-electron chi connectivity index (χ1n) is 14.2. The van der Waals surface area contributed by atoms with E-state index in [1.165, 1.54) is 0 Å². The third-order valence-corrected chi connectivity index (χ3v) is 6.92. The normalized spacial score (nSPS) is 12.0. The number of pyridine rings is 1.